The molecule has 0 aromatic heterocycles. The largest absolute Gasteiger partial charge is 0.497 e. The Kier molecular flexibility index (Phi) is 7.23. The number of sulfonamides is 1. The number of piperidine rings is 1. The smallest absolute Gasteiger partial charge is 0.243 e. The highest BCUT2D eigenvalue weighted by Gasteiger charge is 2.34. The number of amides is 1. The van der Waals surface area contributed by atoms with E-state index in [1.807, 2.05) is 0 Å². The molecule has 162 valence electrons. The van der Waals surface area contributed by atoms with Gasteiger partial charge in [0.1, 0.15) is 11.5 Å². The number of methoxy groups -OCH3 is 2. The first-order valence-electron chi connectivity index (χ1n) is 9.64. The molecule has 1 heterocycles. The standard InChI is InChI=1S/C21H25ClN2O5S/c1-28-17-8-11-20(29-2)19(14-17)23-21(25)13-16-5-3-4-12-24(16)30(26,27)18-9-6-15(22)7-10-18/h6-11,14,16H,3-5,12-13H2,1-2H3,(H,23,25). The van der Waals surface area contributed by atoms with E-state index in [1.165, 1.54) is 30.7 Å². The van der Waals surface area contributed by atoms with Crippen molar-refractivity contribution < 1.29 is 22.7 Å². The number of benzene rings is 2. The minimum atomic E-state index is -3.72. The number of nitrogens with zero attached hydrogens (tertiary/aromatic N) is 1. The van der Waals surface area contributed by atoms with Crippen LogP contribution < -0.4 is 14.8 Å². The molecule has 1 saturated heterocycles. The Labute approximate surface area is 182 Å². The minimum Gasteiger partial charge on any atom is -0.497 e. The predicted molar refractivity (Wildman–Crippen MR) is 116 cm³/mol. The molecule has 1 amide bonds. The van der Waals surface area contributed by atoms with Gasteiger partial charge in [-0.2, -0.15) is 4.31 Å². The van der Waals surface area contributed by atoms with E-state index in [0.29, 0.717) is 35.2 Å². The summed E-state index contributed by atoms with van der Waals surface area (Å²) in [4.78, 5) is 12.9. The highest BCUT2D eigenvalue weighted by atomic mass is 35.5. The lowest BCUT2D eigenvalue weighted by atomic mass is 10.0. The number of anilines is 1. The van der Waals surface area contributed by atoms with Crippen molar-refractivity contribution in [2.24, 2.45) is 0 Å². The summed E-state index contributed by atoms with van der Waals surface area (Å²) >= 11 is 5.89. The number of carbonyl (C=O) groups is 1. The molecular formula is C21H25ClN2O5S. The molecular weight excluding hydrogens is 428 g/mol. The summed E-state index contributed by atoms with van der Waals surface area (Å²) in [6.45, 7) is 0.380. The zero-order chi connectivity index (χ0) is 21.7. The van der Waals surface area contributed by atoms with Gasteiger partial charge >= 0.3 is 0 Å². The monoisotopic (exact) mass is 452 g/mol. The van der Waals surface area contributed by atoms with E-state index in [-0.39, 0.29) is 17.2 Å². The maximum atomic E-state index is 13.1. The Morgan fingerprint density at radius 2 is 1.87 bits per heavy atom. The van der Waals surface area contributed by atoms with E-state index >= 15 is 0 Å². The molecule has 0 aliphatic carbocycles. The number of ether oxygens (including phenoxy) is 2. The first-order chi connectivity index (χ1) is 14.3. The van der Waals surface area contributed by atoms with Gasteiger partial charge in [0, 0.05) is 30.1 Å². The molecule has 0 spiro atoms. The molecule has 1 aliphatic heterocycles. The first kappa shape index (κ1) is 22.4. The lowest BCUT2D eigenvalue weighted by Gasteiger charge is -2.34. The van der Waals surface area contributed by atoms with E-state index in [2.05, 4.69) is 5.32 Å². The fourth-order valence-corrected chi connectivity index (χ4v) is 5.38. The van der Waals surface area contributed by atoms with E-state index < -0.39 is 16.1 Å². The number of carbonyl (C=O) groups excluding carboxylic acids is 1. The van der Waals surface area contributed by atoms with Crippen LogP contribution in [0.1, 0.15) is 25.7 Å². The third-order valence-corrected chi connectivity index (χ3v) is 7.31. The minimum absolute atomic E-state index is 0.0488. The molecule has 7 nitrogen and oxygen atoms in total. The summed E-state index contributed by atoms with van der Waals surface area (Å²) in [6.07, 6.45) is 2.30. The second-order valence-electron chi connectivity index (χ2n) is 7.04. The molecule has 1 fully saturated rings. The molecule has 1 N–H and O–H groups in total. The number of rotatable bonds is 7. The third-order valence-electron chi connectivity index (χ3n) is 5.10. The first-order valence-corrected chi connectivity index (χ1v) is 11.5. The van der Waals surface area contributed by atoms with Crippen molar-refractivity contribution in [2.45, 2.75) is 36.6 Å². The van der Waals surface area contributed by atoms with E-state index in [4.69, 9.17) is 21.1 Å². The molecule has 9 heteroatoms. The van der Waals surface area contributed by atoms with Crippen LogP contribution in [0.15, 0.2) is 47.4 Å². The van der Waals surface area contributed by atoms with Crippen LogP contribution in [0.25, 0.3) is 0 Å². The quantitative estimate of drug-likeness (QED) is 0.688. The molecule has 0 radical (unpaired) electrons. The van der Waals surface area contributed by atoms with Crippen molar-refractivity contribution in [1.82, 2.24) is 4.31 Å². The molecule has 2 aromatic rings. The Morgan fingerprint density at radius 3 is 2.53 bits per heavy atom. The van der Waals surface area contributed by atoms with Crippen LogP contribution >= 0.6 is 11.6 Å². The third kappa shape index (κ3) is 5.06. The molecule has 1 aliphatic rings. The Morgan fingerprint density at radius 1 is 1.13 bits per heavy atom. The van der Waals surface area contributed by atoms with Gasteiger partial charge < -0.3 is 14.8 Å². The van der Waals surface area contributed by atoms with Crippen LogP contribution in [0.5, 0.6) is 11.5 Å². The highest BCUT2D eigenvalue weighted by molar-refractivity contribution is 7.89. The predicted octanol–water partition coefficient (Wildman–Crippen LogP) is 3.93. The second-order valence-corrected chi connectivity index (χ2v) is 9.36. The Balaban J connectivity index is 1.77. The molecule has 3 rings (SSSR count). The van der Waals surface area contributed by atoms with Gasteiger partial charge in [0.05, 0.1) is 24.8 Å². The maximum Gasteiger partial charge on any atom is 0.243 e. The van der Waals surface area contributed by atoms with Crippen LogP contribution in [0.4, 0.5) is 5.69 Å². The van der Waals surface area contributed by atoms with Gasteiger partial charge in [-0.25, -0.2) is 8.42 Å². The van der Waals surface area contributed by atoms with Crippen LogP contribution in [0.2, 0.25) is 5.02 Å². The SMILES string of the molecule is COc1ccc(OC)c(NC(=O)CC2CCCCN2S(=O)(=O)c2ccc(Cl)cc2)c1. The molecule has 0 saturated carbocycles. The lowest BCUT2D eigenvalue weighted by Crippen LogP contribution is -2.45. The van der Waals surface area contributed by atoms with E-state index in [9.17, 15) is 13.2 Å². The van der Waals surface area contributed by atoms with Gasteiger partial charge in [0.15, 0.2) is 0 Å². The van der Waals surface area contributed by atoms with Crippen LogP contribution in [0, 0.1) is 0 Å². The zero-order valence-electron chi connectivity index (χ0n) is 16.9. The van der Waals surface area contributed by atoms with Gasteiger partial charge in [-0.15, -0.1) is 0 Å². The van der Waals surface area contributed by atoms with Gasteiger partial charge in [0.25, 0.3) is 0 Å². The molecule has 0 bridgehead atoms. The molecule has 1 unspecified atom stereocenters. The molecule has 30 heavy (non-hydrogen) atoms. The Hall–Kier alpha value is -2.29. The van der Waals surface area contributed by atoms with Crippen molar-refractivity contribution in [1.29, 1.82) is 0 Å². The summed E-state index contributed by atoms with van der Waals surface area (Å²) in [5, 5.41) is 3.29. The van der Waals surface area contributed by atoms with Crippen LogP contribution in [-0.2, 0) is 14.8 Å². The summed E-state index contributed by atoms with van der Waals surface area (Å²) < 4.78 is 38.2. The topological polar surface area (TPSA) is 84.9 Å². The fraction of sp³-hybridized carbons (Fsp3) is 0.381. The summed E-state index contributed by atoms with van der Waals surface area (Å²) in [6, 6.07) is 10.8. The van der Waals surface area contributed by atoms with Crippen LogP contribution in [-0.4, -0.2) is 45.4 Å². The summed E-state index contributed by atoms with van der Waals surface area (Å²) in [5.41, 5.74) is 0.477. The summed E-state index contributed by atoms with van der Waals surface area (Å²) in [5.74, 6) is 0.791. The van der Waals surface area contributed by atoms with Gasteiger partial charge in [-0.05, 0) is 49.2 Å². The average molecular weight is 453 g/mol. The molecule has 2 aromatic carbocycles. The maximum absolute atomic E-state index is 13.1. The lowest BCUT2D eigenvalue weighted by molar-refractivity contribution is -0.117. The molecule has 1 atom stereocenters. The highest BCUT2D eigenvalue weighted by Crippen LogP contribution is 2.31. The second kappa shape index (κ2) is 9.68. The zero-order valence-corrected chi connectivity index (χ0v) is 18.5. The van der Waals surface area contributed by atoms with Crippen molar-refractivity contribution in [3.63, 3.8) is 0 Å². The van der Waals surface area contributed by atoms with Crippen molar-refractivity contribution in [3.05, 3.63) is 47.5 Å². The van der Waals surface area contributed by atoms with Gasteiger partial charge in [0.2, 0.25) is 15.9 Å². The van der Waals surface area contributed by atoms with Crippen molar-refractivity contribution >= 4 is 33.2 Å². The van der Waals surface area contributed by atoms with E-state index in [1.54, 1.807) is 30.3 Å². The van der Waals surface area contributed by atoms with Gasteiger partial charge in [-0.3, -0.25) is 4.79 Å². The fourth-order valence-electron chi connectivity index (χ4n) is 3.56. The Bertz CT molecular complexity index is 995. The van der Waals surface area contributed by atoms with Crippen molar-refractivity contribution in [2.75, 3.05) is 26.1 Å². The average Bonchev–Trinajstić information content (AvgIpc) is 2.74. The van der Waals surface area contributed by atoms with Crippen LogP contribution in [0.3, 0.4) is 0 Å². The van der Waals surface area contributed by atoms with Gasteiger partial charge in [-0.1, -0.05) is 18.0 Å². The van der Waals surface area contributed by atoms with E-state index in [0.717, 1.165) is 12.8 Å². The number of halogens is 1. The number of hydrogen-bond acceptors (Lipinski definition) is 5. The number of hydrogen-bond donors (Lipinski definition) is 1. The number of nitrogens with one attached hydrogen (secondary N) is 1. The van der Waals surface area contributed by atoms with Crippen molar-refractivity contribution in [3.8, 4) is 11.5 Å². The summed E-state index contributed by atoms with van der Waals surface area (Å²) in [7, 11) is -0.670. The normalized spacial score (nSPS) is 17.4.